The molecule has 0 spiro atoms. The van der Waals surface area contributed by atoms with Crippen molar-refractivity contribution in [3.8, 4) is 0 Å². The van der Waals surface area contributed by atoms with Crippen molar-refractivity contribution in [3.05, 3.63) is 86.6 Å². The molecule has 0 saturated carbocycles. The Kier molecular flexibility index (Phi) is 6.14. The molecule has 11 heteroatoms. The SMILES string of the molecule is Cn1c(=O)c2c(nc(SCC(=O)Nc3ccccc3F)n2Cc2ccc(F)cc2)n(C)c1=O. The van der Waals surface area contributed by atoms with Gasteiger partial charge in [0.05, 0.1) is 18.0 Å². The van der Waals surface area contributed by atoms with Crippen LogP contribution in [0.2, 0.25) is 0 Å². The average molecular weight is 471 g/mol. The number of nitrogens with zero attached hydrogens (tertiary/aromatic N) is 4. The van der Waals surface area contributed by atoms with Gasteiger partial charge in [0, 0.05) is 14.1 Å². The number of thioether (sulfide) groups is 1. The van der Waals surface area contributed by atoms with Crippen LogP contribution in [0.5, 0.6) is 0 Å². The van der Waals surface area contributed by atoms with E-state index in [9.17, 15) is 23.2 Å². The summed E-state index contributed by atoms with van der Waals surface area (Å²) in [5, 5.41) is 2.81. The molecular formula is C22H19F2N5O3S. The number of imidazole rings is 1. The summed E-state index contributed by atoms with van der Waals surface area (Å²) in [5.74, 6) is -1.54. The highest BCUT2D eigenvalue weighted by Gasteiger charge is 2.20. The van der Waals surface area contributed by atoms with Gasteiger partial charge in [-0.1, -0.05) is 36.0 Å². The minimum absolute atomic E-state index is 0.0548. The highest BCUT2D eigenvalue weighted by molar-refractivity contribution is 7.99. The number of carbonyl (C=O) groups excluding carboxylic acids is 1. The van der Waals surface area contributed by atoms with Crippen LogP contribution in [0.3, 0.4) is 0 Å². The van der Waals surface area contributed by atoms with E-state index in [1.807, 2.05) is 0 Å². The first-order valence-electron chi connectivity index (χ1n) is 9.84. The summed E-state index contributed by atoms with van der Waals surface area (Å²) in [7, 11) is 2.87. The van der Waals surface area contributed by atoms with Crippen molar-refractivity contribution in [2.75, 3.05) is 11.1 Å². The fourth-order valence-electron chi connectivity index (χ4n) is 3.33. The van der Waals surface area contributed by atoms with Crippen LogP contribution in [-0.4, -0.2) is 30.3 Å². The number of para-hydroxylation sites is 1. The number of aryl methyl sites for hydroxylation is 1. The molecule has 0 saturated heterocycles. The predicted molar refractivity (Wildman–Crippen MR) is 121 cm³/mol. The van der Waals surface area contributed by atoms with Gasteiger partial charge in [-0.15, -0.1) is 0 Å². The maximum Gasteiger partial charge on any atom is 0.332 e. The largest absolute Gasteiger partial charge is 0.332 e. The molecular weight excluding hydrogens is 452 g/mol. The van der Waals surface area contributed by atoms with E-state index in [0.717, 1.165) is 16.3 Å². The number of hydrogen-bond donors (Lipinski definition) is 1. The van der Waals surface area contributed by atoms with Crippen molar-refractivity contribution < 1.29 is 13.6 Å². The van der Waals surface area contributed by atoms with E-state index in [0.29, 0.717) is 10.7 Å². The summed E-state index contributed by atoms with van der Waals surface area (Å²) < 4.78 is 31.0. The first-order chi connectivity index (χ1) is 15.8. The summed E-state index contributed by atoms with van der Waals surface area (Å²) >= 11 is 1.04. The van der Waals surface area contributed by atoms with E-state index < -0.39 is 28.8 Å². The Morgan fingerprint density at radius 3 is 2.42 bits per heavy atom. The van der Waals surface area contributed by atoms with E-state index in [4.69, 9.17) is 0 Å². The quantitative estimate of drug-likeness (QED) is 0.437. The van der Waals surface area contributed by atoms with Crippen molar-refractivity contribution >= 4 is 34.5 Å². The number of carbonyl (C=O) groups is 1. The number of amides is 1. The fourth-order valence-corrected chi connectivity index (χ4v) is 4.13. The predicted octanol–water partition coefficient (Wildman–Crippen LogP) is 2.49. The Labute approximate surface area is 190 Å². The Morgan fingerprint density at radius 1 is 1.03 bits per heavy atom. The lowest BCUT2D eigenvalue weighted by atomic mass is 10.2. The minimum Gasteiger partial charge on any atom is -0.323 e. The lowest BCUT2D eigenvalue weighted by Gasteiger charge is -2.10. The number of rotatable bonds is 6. The molecule has 1 amide bonds. The van der Waals surface area contributed by atoms with Gasteiger partial charge in [0.25, 0.3) is 5.56 Å². The Morgan fingerprint density at radius 2 is 1.73 bits per heavy atom. The van der Waals surface area contributed by atoms with Gasteiger partial charge >= 0.3 is 5.69 Å². The molecule has 0 unspecified atom stereocenters. The smallest absolute Gasteiger partial charge is 0.323 e. The maximum atomic E-state index is 13.8. The monoisotopic (exact) mass is 471 g/mol. The number of aromatic nitrogens is 4. The molecule has 0 atom stereocenters. The van der Waals surface area contributed by atoms with Crippen molar-refractivity contribution in [2.24, 2.45) is 14.1 Å². The van der Waals surface area contributed by atoms with Gasteiger partial charge in [-0.3, -0.25) is 18.7 Å². The normalized spacial score (nSPS) is 11.2. The maximum absolute atomic E-state index is 13.8. The van der Waals surface area contributed by atoms with Gasteiger partial charge in [-0.2, -0.15) is 0 Å². The third-order valence-corrected chi connectivity index (χ3v) is 6.02. The van der Waals surface area contributed by atoms with Crippen molar-refractivity contribution in [3.63, 3.8) is 0 Å². The molecule has 0 bridgehead atoms. The lowest BCUT2D eigenvalue weighted by Crippen LogP contribution is -2.37. The van der Waals surface area contributed by atoms with Crippen molar-refractivity contribution in [2.45, 2.75) is 11.7 Å². The fraction of sp³-hybridized carbons (Fsp3) is 0.182. The van der Waals surface area contributed by atoms with Crippen LogP contribution >= 0.6 is 11.8 Å². The summed E-state index contributed by atoms with van der Waals surface area (Å²) in [5.41, 5.74) is 0.0322. The second kappa shape index (κ2) is 9.02. The van der Waals surface area contributed by atoms with Crippen LogP contribution < -0.4 is 16.6 Å². The zero-order valence-corrected chi connectivity index (χ0v) is 18.5. The molecule has 0 fully saturated rings. The number of anilines is 1. The number of nitrogens with one attached hydrogen (secondary N) is 1. The molecule has 0 aliphatic heterocycles. The first kappa shape index (κ1) is 22.5. The second-order valence-electron chi connectivity index (χ2n) is 7.30. The molecule has 4 aromatic rings. The molecule has 1 N–H and O–H groups in total. The molecule has 2 heterocycles. The van der Waals surface area contributed by atoms with Gasteiger partial charge < -0.3 is 9.88 Å². The Hall–Kier alpha value is -3.73. The molecule has 33 heavy (non-hydrogen) atoms. The van der Waals surface area contributed by atoms with Gasteiger partial charge in [0.2, 0.25) is 5.91 Å². The van der Waals surface area contributed by atoms with E-state index in [1.54, 1.807) is 22.8 Å². The van der Waals surface area contributed by atoms with E-state index in [2.05, 4.69) is 10.3 Å². The number of benzene rings is 2. The van der Waals surface area contributed by atoms with E-state index >= 15 is 0 Å². The minimum atomic E-state index is -0.558. The molecule has 2 aromatic heterocycles. The van der Waals surface area contributed by atoms with Crippen molar-refractivity contribution in [1.82, 2.24) is 18.7 Å². The van der Waals surface area contributed by atoms with E-state index in [-0.39, 0.29) is 29.1 Å². The highest BCUT2D eigenvalue weighted by Crippen LogP contribution is 2.24. The van der Waals surface area contributed by atoms with Crippen molar-refractivity contribution in [1.29, 1.82) is 0 Å². The van der Waals surface area contributed by atoms with Gasteiger partial charge in [0.1, 0.15) is 11.6 Å². The Bertz CT molecular complexity index is 1470. The Balaban J connectivity index is 1.71. The average Bonchev–Trinajstić information content (AvgIpc) is 3.16. The number of hydrogen-bond acceptors (Lipinski definition) is 5. The van der Waals surface area contributed by atoms with E-state index in [1.165, 1.54) is 49.0 Å². The van der Waals surface area contributed by atoms with Gasteiger partial charge in [-0.25, -0.2) is 18.6 Å². The molecule has 8 nitrogen and oxygen atoms in total. The van der Waals surface area contributed by atoms with Crippen LogP contribution in [0.1, 0.15) is 5.56 Å². The molecule has 4 rings (SSSR count). The second-order valence-corrected chi connectivity index (χ2v) is 8.24. The summed E-state index contributed by atoms with van der Waals surface area (Å²) in [6.45, 7) is 0.168. The highest BCUT2D eigenvalue weighted by atomic mass is 32.2. The summed E-state index contributed by atoms with van der Waals surface area (Å²) in [6.07, 6.45) is 0. The van der Waals surface area contributed by atoms with Crippen LogP contribution in [-0.2, 0) is 25.4 Å². The molecule has 170 valence electrons. The van der Waals surface area contributed by atoms with Crippen LogP contribution in [0.25, 0.3) is 11.2 Å². The van der Waals surface area contributed by atoms with Gasteiger partial charge in [-0.05, 0) is 29.8 Å². The van der Waals surface area contributed by atoms with Crippen LogP contribution in [0, 0.1) is 11.6 Å². The molecule has 0 aliphatic carbocycles. The number of halogens is 2. The third-order valence-electron chi connectivity index (χ3n) is 5.05. The zero-order chi connectivity index (χ0) is 23.7. The van der Waals surface area contributed by atoms with Crippen LogP contribution in [0.4, 0.5) is 14.5 Å². The third kappa shape index (κ3) is 4.44. The molecule has 0 aliphatic rings. The lowest BCUT2D eigenvalue weighted by molar-refractivity contribution is -0.113. The summed E-state index contributed by atoms with van der Waals surface area (Å²) in [4.78, 5) is 42.1. The number of fused-ring (bicyclic) bond motifs is 1. The topological polar surface area (TPSA) is 90.9 Å². The molecule has 0 radical (unpaired) electrons. The van der Waals surface area contributed by atoms with Gasteiger partial charge in [0.15, 0.2) is 16.3 Å². The zero-order valence-electron chi connectivity index (χ0n) is 17.7. The van der Waals surface area contributed by atoms with Crippen LogP contribution in [0.15, 0.2) is 63.3 Å². The standard InChI is InChI=1S/C22H19F2N5O3S/c1-27-19-18(20(31)28(2)22(27)32)29(11-13-7-9-14(23)10-8-13)21(26-19)33-12-17(30)25-16-6-4-3-5-15(16)24/h3-10H,11-12H2,1-2H3,(H,25,30). The summed E-state index contributed by atoms with van der Waals surface area (Å²) in [6, 6.07) is 11.6. The molecule has 2 aromatic carbocycles. The first-order valence-corrected chi connectivity index (χ1v) is 10.8.